The van der Waals surface area contributed by atoms with Crippen molar-refractivity contribution in [1.82, 2.24) is 34.5 Å². The first kappa shape index (κ1) is 25.6. The molecule has 1 aliphatic carbocycles. The summed E-state index contributed by atoms with van der Waals surface area (Å²) >= 11 is 0. The summed E-state index contributed by atoms with van der Waals surface area (Å²) in [6.45, 7) is 5.92. The predicted octanol–water partition coefficient (Wildman–Crippen LogP) is 2.04. The molecule has 1 aliphatic rings. The SMILES string of the molecule is CC[C@@H](C)n1c(=O)c(NCc2ccc(S(N)(=O)=O)cn2)nc2cnc(-c3c(C)nc(N)nc3C3CC3)nc21. The lowest BCUT2D eigenvalue weighted by molar-refractivity contribution is 0.526. The summed E-state index contributed by atoms with van der Waals surface area (Å²) in [5.41, 5.74) is 9.19. The minimum absolute atomic E-state index is 0.0938. The zero-order chi connectivity index (χ0) is 27.2. The van der Waals surface area contributed by atoms with Crippen LogP contribution in [0.5, 0.6) is 0 Å². The van der Waals surface area contributed by atoms with Crippen LogP contribution in [0.4, 0.5) is 11.8 Å². The summed E-state index contributed by atoms with van der Waals surface area (Å²) in [5, 5.41) is 8.15. The number of hydrogen-bond donors (Lipinski definition) is 3. The Kier molecular flexibility index (Phi) is 6.53. The van der Waals surface area contributed by atoms with E-state index in [1.54, 1.807) is 10.8 Å². The number of fused-ring (bicyclic) bond motifs is 1. The molecule has 0 bridgehead atoms. The molecule has 1 saturated carbocycles. The van der Waals surface area contributed by atoms with Crippen molar-refractivity contribution >= 4 is 33.0 Å². The summed E-state index contributed by atoms with van der Waals surface area (Å²) in [5.74, 6) is 1.05. The minimum Gasteiger partial charge on any atom is -0.368 e. The molecule has 198 valence electrons. The molecule has 5 N–H and O–H groups in total. The van der Waals surface area contributed by atoms with Crippen LogP contribution in [0.2, 0.25) is 0 Å². The fourth-order valence-electron chi connectivity index (χ4n) is 4.23. The van der Waals surface area contributed by atoms with Crippen LogP contribution >= 0.6 is 0 Å². The third kappa shape index (κ3) is 4.91. The Morgan fingerprint density at radius 2 is 1.89 bits per heavy atom. The molecule has 4 heterocycles. The van der Waals surface area contributed by atoms with E-state index < -0.39 is 10.0 Å². The fourth-order valence-corrected chi connectivity index (χ4v) is 4.69. The number of anilines is 2. The average molecular weight is 537 g/mol. The molecule has 0 amide bonds. The second-order valence-electron chi connectivity index (χ2n) is 9.38. The number of hydrogen-bond acceptors (Lipinski definition) is 11. The molecule has 38 heavy (non-hydrogen) atoms. The molecular formula is C24H28N10O3S. The predicted molar refractivity (Wildman–Crippen MR) is 142 cm³/mol. The van der Waals surface area contributed by atoms with E-state index in [1.165, 1.54) is 18.3 Å². The summed E-state index contributed by atoms with van der Waals surface area (Å²) < 4.78 is 24.5. The smallest absolute Gasteiger partial charge is 0.295 e. The Morgan fingerprint density at radius 3 is 2.53 bits per heavy atom. The Labute approximate surface area is 218 Å². The quantitative estimate of drug-likeness (QED) is 0.298. The molecule has 0 aliphatic heterocycles. The molecular weight excluding hydrogens is 508 g/mol. The van der Waals surface area contributed by atoms with Gasteiger partial charge in [0.2, 0.25) is 16.0 Å². The van der Waals surface area contributed by atoms with Gasteiger partial charge in [-0.25, -0.2) is 38.5 Å². The fraction of sp³-hybridized carbons (Fsp3) is 0.375. The summed E-state index contributed by atoms with van der Waals surface area (Å²) in [6, 6.07) is 2.71. The van der Waals surface area contributed by atoms with Crippen LogP contribution in [0.3, 0.4) is 0 Å². The number of nitrogens with two attached hydrogens (primary N) is 2. The van der Waals surface area contributed by atoms with Gasteiger partial charge in [-0.15, -0.1) is 0 Å². The minimum atomic E-state index is -3.85. The lowest BCUT2D eigenvalue weighted by Crippen LogP contribution is -2.28. The van der Waals surface area contributed by atoms with Gasteiger partial charge in [0.05, 0.1) is 35.4 Å². The van der Waals surface area contributed by atoms with Crippen molar-refractivity contribution in [2.75, 3.05) is 11.1 Å². The molecule has 1 atom stereocenters. The first-order valence-corrected chi connectivity index (χ1v) is 13.8. The molecule has 4 aromatic heterocycles. The van der Waals surface area contributed by atoms with Crippen molar-refractivity contribution in [1.29, 1.82) is 0 Å². The van der Waals surface area contributed by atoms with Gasteiger partial charge in [0, 0.05) is 18.2 Å². The van der Waals surface area contributed by atoms with Crippen LogP contribution in [0.25, 0.3) is 22.6 Å². The maximum atomic E-state index is 13.6. The first-order chi connectivity index (χ1) is 18.1. The van der Waals surface area contributed by atoms with E-state index in [0.29, 0.717) is 40.7 Å². The van der Waals surface area contributed by atoms with Crippen molar-refractivity contribution in [3.8, 4) is 11.4 Å². The zero-order valence-electron chi connectivity index (χ0n) is 21.2. The highest BCUT2D eigenvalue weighted by molar-refractivity contribution is 7.89. The molecule has 0 saturated heterocycles. The monoisotopic (exact) mass is 536 g/mol. The van der Waals surface area contributed by atoms with Gasteiger partial charge < -0.3 is 11.1 Å². The number of aryl methyl sites for hydroxylation is 1. The van der Waals surface area contributed by atoms with Crippen LogP contribution < -0.4 is 21.7 Å². The first-order valence-electron chi connectivity index (χ1n) is 12.2. The summed E-state index contributed by atoms with van der Waals surface area (Å²) in [6.07, 6.45) is 5.48. The van der Waals surface area contributed by atoms with Crippen LogP contribution in [0.15, 0.2) is 34.2 Å². The third-order valence-electron chi connectivity index (χ3n) is 6.55. The van der Waals surface area contributed by atoms with Gasteiger partial charge in [-0.2, -0.15) is 0 Å². The largest absolute Gasteiger partial charge is 0.368 e. The molecule has 0 aromatic carbocycles. The van der Waals surface area contributed by atoms with Gasteiger partial charge in [0.15, 0.2) is 17.3 Å². The van der Waals surface area contributed by atoms with Crippen molar-refractivity contribution in [2.45, 2.75) is 63.4 Å². The van der Waals surface area contributed by atoms with E-state index in [0.717, 1.165) is 24.1 Å². The number of rotatable bonds is 8. The number of nitrogens with one attached hydrogen (secondary N) is 1. The standard InChI is InChI=1S/C24H28N10O3S/c1-4-12(2)34-22-17(11-29-20(33-22)18-13(3)30-24(25)32-19(18)14-5-6-14)31-21(23(34)35)28-9-15-7-8-16(10-27-15)38(26,36)37/h7-8,10-12,14H,4-6,9H2,1-3H3,(H,28,31)(H2,25,30,32)(H2,26,36,37)/t12-/m1/s1. The topological polar surface area (TPSA) is 198 Å². The Balaban J connectivity index is 1.56. The van der Waals surface area contributed by atoms with E-state index in [4.69, 9.17) is 15.9 Å². The van der Waals surface area contributed by atoms with Gasteiger partial charge in [0.25, 0.3) is 5.56 Å². The normalized spacial score (nSPS) is 14.5. The second kappa shape index (κ2) is 9.68. The average Bonchev–Trinajstić information content (AvgIpc) is 3.72. The number of primary sulfonamides is 1. The number of nitrogens with zero attached hydrogens (tertiary/aromatic N) is 7. The van der Waals surface area contributed by atoms with Crippen molar-refractivity contribution in [3.63, 3.8) is 0 Å². The van der Waals surface area contributed by atoms with Gasteiger partial charge in [0.1, 0.15) is 10.4 Å². The molecule has 4 aromatic rings. The number of sulfonamides is 1. The van der Waals surface area contributed by atoms with Gasteiger partial charge >= 0.3 is 0 Å². The van der Waals surface area contributed by atoms with Crippen LogP contribution in [0, 0.1) is 6.92 Å². The molecule has 5 rings (SSSR count). The van der Waals surface area contributed by atoms with E-state index in [-0.39, 0.29) is 34.8 Å². The molecule has 0 spiro atoms. The zero-order valence-corrected chi connectivity index (χ0v) is 22.0. The maximum absolute atomic E-state index is 13.6. The van der Waals surface area contributed by atoms with Gasteiger partial charge in [-0.3, -0.25) is 14.3 Å². The van der Waals surface area contributed by atoms with E-state index >= 15 is 0 Å². The molecule has 1 fully saturated rings. The molecule has 0 unspecified atom stereocenters. The van der Waals surface area contributed by atoms with E-state index in [9.17, 15) is 13.2 Å². The second-order valence-corrected chi connectivity index (χ2v) is 10.9. The maximum Gasteiger partial charge on any atom is 0.295 e. The van der Waals surface area contributed by atoms with Crippen LogP contribution in [-0.2, 0) is 16.6 Å². The van der Waals surface area contributed by atoms with Crippen molar-refractivity contribution < 1.29 is 8.42 Å². The molecule has 13 nitrogen and oxygen atoms in total. The lowest BCUT2D eigenvalue weighted by atomic mass is 10.1. The van der Waals surface area contributed by atoms with Crippen LogP contribution in [0.1, 0.15) is 62.2 Å². The number of pyridine rings is 1. The highest BCUT2D eigenvalue weighted by Crippen LogP contribution is 2.43. The number of nitrogen functional groups attached to an aromatic ring is 1. The van der Waals surface area contributed by atoms with Crippen LogP contribution in [-0.4, -0.2) is 42.9 Å². The van der Waals surface area contributed by atoms with Gasteiger partial charge in [-0.1, -0.05) is 6.92 Å². The summed E-state index contributed by atoms with van der Waals surface area (Å²) in [7, 11) is -3.85. The van der Waals surface area contributed by atoms with E-state index in [2.05, 4.69) is 30.2 Å². The van der Waals surface area contributed by atoms with Gasteiger partial charge in [-0.05, 0) is 45.2 Å². The Bertz CT molecular complexity index is 1700. The van der Waals surface area contributed by atoms with Crippen molar-refractivity contribution in [2.24, 2.45) is 5.14 Å². The van der Waals surface area contributed by atoms with E-state index in [1.807, 2.05) is 20.8 Å². The van der Waals surface area contributed by atoms with Crippen molar-refractivity contribution in [3.05, 3.63) is 52.0 Å². The third-order valence-corrected chi connectivity index (χ3v) is 7.45. The Hall–Kier alpha value is -4.04. The highest BCUT2D eigenvalue weighted by Gasteiger charge is 2.31. The Morgan fingerprint density at radius 1 is 1.13 bits per heavy atom. The summed E-state index contributed by atoms with van der Waals surface area (Å²) in [4.78, 5) is 40.2. The molecule has 0 radical (unpaired) electrons. The molecule has 14 heteroatoms. The number of aromatic nitrogens is 7. The lowest BCUT2D eigenvalue weighted by Gasteiger charge is -2.18. The highest BCUT2D eigenvalue weighted by atomic mass is 32.2.